The lowest BCUT2D eigenvalue weighted by molar-refractivity contribution is -0.116. The van der Waals surface area contributed by atoms with Gasteiger partial charge in [-0.1, -0.05) is 20.8 Å². The number of amides is 1. The van der Waals surface area contributed by atoms with Gasteiger partial charge in [-0.3, -0.25) is 4.79 Å². The van der Waals surface area contributed by atoms with Crippen LogP contribution in [-0.2, 0) is 4.79 Å². The average Bonchev–Trinajstić information content (AvgIpc) is 2.54. The summed E-state index contributed by atoms with van der Waals surface area (Å²) < 4.78 is 16.2. The minimum absolute atomic E-state index is 0.138. The number of benzene rings is 1. The van der Waals surface area contributed by atoms with Crippen molar-refractivity contribution in [3.63, 3.8) is 0 Å². The largest absolute Gasteiger partial charge is 0.493 e. The summed E-state index contributed by atoms with van der Waals surface area (Å²) in [6.07, 6.45) is 3.19. The third-order valence-corrected chi connectivity index (χ3v) is 4.36. The first kappa shape index (κ1) is 20.2. The van der Waals surface area contributed by atoms with Crippen molar-refractivity contribution >= 4 is 23.7 Å². The third-order valence-electron chi connectivity index (χ3n) is 3.09. The Hall–Kier alpha value is -1.82. The number of nitrogens with one attached hydrogen (secondary N) is 1. The summed E-state index contributed by atoms with van der Waals surface area (Å²) in [7, 11) is 4.67. The molecule has 1 N–H and O–H groups in total. The topological polar surface area (TPSA) is 56.8 Å². The van der Waals surface area contributed by atoms with E-state index < -0.39 is 0 Å². The predicted octanol–water partition coefficient (Wildman–Crippen LogP) is 3.37. The van der Waals surface area contributed by atoms with E-state index in [-0.39, 0.29) is 10.7 Å². The van der Waals surface area contributed by atoms with Gasteiger partial charge in [-0.2, -0.15) is 11.8 Å². The van der Waals surface area contributed by atoms with Crippen LogP contribution in [0.5, 0.6) is 17.2 Å². The lowest BCUT2D eigenvalue weighted by Crippen LogP contribution is -2.25. The fraction of sp³-hybridized carbons (Fsp3) is 0.500. The van der Waals surface area contributed by atoms with Gasteiger partial charge in [0.05, 0.1) is 21.3 Å². The number of carbonyl (C=O) groups is 1. The van der Waals surface area contributed by atoms with Crippen LogP contribution in [0.15, 0.2) is 18.2 Å². The summed E-state index contributed by atoms with van der Waals surface area (Å²) >= 11 is 1.82. The van der Waals surface area contributed by atoms with Crippen molar-refractivity contribution in [2.45, 2.75) is 25.5 Å². The van der Waals surface area contributed by atoms with Crippen LogP contribution >= 0.6 is 11.8 Å². The summed E-state index contributed by atoms with van der Waals surface area (Å²) in [5.74, 6) is 2.35. The van der Waals surface area contributed by atoms with Crippen LogP contribution in [0.4, 0.5) is 0 Å². The van der Waals surface area contributed by atoms with Gasteiger partial charge in [-0.15, -0.1) is 0 Å². The van der Waals surface area contributed by atoms with Crippen LogP contribution in [0.2, 0.25) is 0 Å². The zero-order valence-corrected chi connectivity index (χ0v) is 16.1. The molecular formula is C18H27NO4S. The maximum atomic E-state index is 11.9. The Morgan fingerprint density at radius 2 is 1.79 bits per heavy atom. The van der Waals surface area contributed by atoms with E-state index in [2.05, 4.69) is 26.1 Å². The number of methoxy groups -OCH3 is 3. The number of ether oxygens (including phenoxy) is 3. The van der Waals surface area contributed by atoms with E-state index in [0.717, 1.165) is 11.3 Å². The van der Waals surface area contributed by atoms with Gasteiger partial charge >= 0.3 is 0 Å². The van der Waals surface area contributed by atoms with Crippen LogP contribution in [0.25, 0.3) is 6.08 Å². The molecule has 0 unspecified atom stereocenters. The Morgan fingerprint density at radius 1 is 1.12 bits per heavy atom. The first-order valence-electron chi connectivity index (χ1n) is 7.71. The fourth-order valence-electron chi connectivity index (χ4n) is 2.01. The molecule has 0 aliphatic rings. The summed E-state index contributed by atoms with van der Waals surface area (Å²) in [5.41, 5.74) is 0.745. The Morgan fingerprint density at radius 3 is 2.33 bits per heavy atom. The highest BCUT2D eigenvalue weighted by molar-refractivity contribution is 8.00. The molecule has 1 rings (SSSR count). The molecule has 1 amide bonds. The van der Waals surface area contributed by atoms with Gasteiger partial charge in [0, 0.05) is 28.7 Å². The van der Waals surface area contributed by atoms with E-state index in [1.165, 1.54) is 6.08 Å². The average molecular weight is 353 g/mol. The molecule has 1 aromatic rings. The molecule has 0 saturated carbocycles. The zero-order chi connectivity index (χ0) is 18.2. The van der Waals surface area contributed by atoms with Gasteiger partial charge in [-0.25, -0.2) is 0 Å². The lowest BCUT2D eigenvalue weighted by atomic mass is 10.1. The minimum Gasteiger partial charge on any atom is -0.493 e. The summed E-state index contributed by atoms with van der Waals surface area (Å²) in [4.78, 5) is 11.9. The minimum atomic E-state index is -0.138. The normalized spacial score (nSPS) is 11.4. The molecule has 0 aromatic heterocycles. The van der Waals surface area contributed by atoms with Crippen LogP contribution < -0.4 is 19.5 Å². The highest BCUT2D eigenvalue weighted by Crippen LogP contribution is 2.40. The second-order valence-electron chi connectivity index (χ2n) is 6.01. The standard InChI is InChI=1S/C18H27NO4S/c1-18(2,3)24-12-11-19-15(20)10-8-13-7-9-14(21-4)17(23-6)16(13)22-5/h7-10H,11-12H2,1-6H3,(H,19,20). The molecule has 0 aliphatic carbocycles. The predicted molar refractivity (Wildman–Crippen MR) is 100 cm³/mol. The molecule has 0 saturated heterocycles. The van der Waals surface area contributed by atoms with E-state index in [4.69, 9.17) is 14.2 Å². The molecule has 0 fully saturated rings. The molecule has 5 nitrogen and oxygen atoms in total. The van der Waals surface area contributed by atoms with Gasteiger partial charge in [-0.05, 0) is 18.2 Å². The second-order valence-corrected chi connectivity index (χ2v) is 7.93. The maximum Gasteiger partial charge on any atom is 0.244 e. The Balaban J connectivity index is 2.71. The number of thioether (sulfide) groups is 1. The molecule has 0 heterocycles. The molecule has 1 aromatic carbocycles. The van der Waals surface area contributed by atoms with Crippen molar-refractivity contribution in [2.75, 3.05) is 33.6 Å². The van der Waals surface area contributed by atoms with Gasteiger partial charge in [0.25, 0.3) is 0 Å². The summed E-state index contributed by atoms with van der Waals surface area (Å²) in [6.45, 7) is 7.10. The first-order valence-corrected chi connectivity index (χ1v) is 8.69. The van der Waals surface area contributed by atoms with Crippen molar-refractivity contribution in [1.82, 2.24) is 5.32 Å². The van der Waals surface area contributed by atoms with E-state index in [1.54, 1.807) is 33.5 Å². The molecule has 0 spiro atoms. The SMILES string of the molecule is COc1ccc(C=CC(=O)NCCSC(C)(C)C)c(OC)c1OC. The molecule has 0 radical (unpaired) electrons. The maximum absolute atomic E-state index is 11.9. The lowest BCUT2D eigenvalue weighted by Gasteiger charge is -2.17. The molecule has 24 heavy (non-hydrogen) atoms. The molecule has 6 heteroatoms. The van der Waals surface area contributed by atoms with E-state index in [0.29, 0.717) is 23.8 Å². The van der Waals surface area contributed by atoms with Crippen LogP contribution in [0.3, 0.4) is 0 Å². The van der Waals surface area contributed by atoms with Crippen molar-refractivity contribution in [2.24, 2.45) is 0 Å². The van der Waals surface area contributed by atoms with Crippen molar-refractivity contribution in [1.29, 1.82) is 0 Å². The van der Waals surface area contributed by atoms with Crippen molar-refractivity contribution < 1.29 is 19.0 Å². The molecule has 0 aliphatic heterocycles. The summed E-state index contributed by atoms with van der Waals surface area (Å²) in [5, 5.41) is 2.87. The molecule has 134 valence electrons. The number of hydrogen-bond acceptors (Lipinski definition) is 5. The highest BCUT2D eigenvalue weighted by Gasteiger charge is 2.14. The Kier molecular flexibility index (Phi) is 7.98. The van der Waals surface area contributed by atoms with Gasteiger partial charge in [0.15, 0.2) is 11.5 Å². The number of hydrogen-bond donors (Lipinski definition) is 1. The molecule has 0 atom stereocenters. The van der Waals surface area contributed by atoms with Crippen LogP contribution in [-0.4, -0.2) is 44.3 Å². The third kappa shape index (κ3) is 6.35. The van der Waals surface area contributed by atoms with Crippen LogP contribution in [0.1, 0.15) is 26.3 Å². The Labute approximate surface area is 148 Å². The van der Waals surface area contributed by atoms with E-state index in [9.17, 15) is 4.79 Å². The highest BCUT2D eigenvalue weighted by atomic mass is 32.2. The van der Waals surface area contributed by atoms with E-state index >= 15 is 0 Å². The smallest absolute Gasteiger partial charge is 0.244 e. The molecular weight excluding hydrogens is 326 g/mol. The van der Waals surface area contributed by atoms with Gasteiger partial charge < -0.3 is 19.5 Å². The first-order chi connectivity index (χ1) is 11.3. The number of carbonyl (C=O) groups excluding carboxylic acids is 1. The zero-order valence-electron chi connectivity index (χ0n) is 15.3. The number of rotatable bonds is 8. The van der Waals surface area contributed by atoms with Crippen molar-refractivity contribution in [3.8, 4) is 17.2 Å². The molecule has 0 bridgehead atoms. The van der Waals surface area contributed by atoms with Crippen molar-refractivity contribution in [3.05, 3.63) is 23.8 Å². The van der Waals surface area contributed by atoms with Gasteiger partial charge in [0.1, 0.15) is 0 Å². The fourth-order valence-corrected chi connectivity index (χ4v) is 2.83. The van der Waals surface area contributed by atoms with Gasteiger partial charge in [0.2, 0.25) is 11.7 Å². The Bertz CT molecular complexity index is 579. The summed E-state index contributed by atoms with van der Waals surface area (Å²) in [6, 6.07) is 3.60. The van der Waals surface area contributed by atoms with Crippen LogP contribution in [0, 0.1) is 0 Å². The van der Waals surface area contributed by atoms with E-state index in [1.807, 2.05) is 17.8 Å². The second kappa shape index (κ2) is 9.47. The monoisotopic (exact) mass is 353 g/mol. The quantitative estimate of drug-likeness (QED) is 0.574.